The second-order valence-electron chi connectivity index (χ2n) is 7.75. The van der Waals surface area contributed by atoms with Crippen LogP contribution in [0.15, 0.2) is 0 Å². The van der Waals surface area contributed by atoms with E-state index in [1.807, 2.05) is 0 Å². The predicted molar refractivity (Wildman–Crippen MR) is 96.7 cm³/mol. The monoisotopic (exact) mass is 373 g/mol. The van der Waals surface area contributed by atoms with Crippen LogP contribution in [0.2, 0.25) is 18.1 Å². The van der Waals surface area contributed by atoms with Crippen LogP contribution in [0.1, 0.15) is 33.6 Å². The molecule has 0 aliphatic carbocycles. The van der Waals surface area contributed by atoms with Crippen LogP contribution in [0.5, 0.6) is 0 Å². The van der Waals surface area contributed by atoms with Gasteiger partial charge in [0, 0.05) is 6.54 Å². The van der Waals surface area contributed by atoms with Gasteiger partial charge in [-0.15, -0.1) is 0 Å². The third-order valence-electron chi connectivity index (χ3n) is 4.81. The third-order valence-corrected chi connectivity index (χ3v) is 9.31. The van der Waals surface area contributed by atoms with E-state index in [-0.39, 0.29) is 23.5 Å². The molecule has 1 aliphatic rings. The Balaban J connectivity index is 2.44. The topological polar surface area (TPSA) is 106 Å². The van der Waals surface area contributed by atoms with Crippen molar-refractivity contribution in [1.82, 2.24) is 16.0 Å². The van der Waals surface area contributed by atoms with E-state index in [0.29, 0.717) is 19.4 Å². The lowest BCUT2D eigenvalue weighted by Gasteiger charge is -2.38. The van der Waals surface area contributed by atoms with Gasteiger partial charge in [-0.05, 0) is 31.0 Å². The Morgan fingerprint density at radius 1 is 1.16 bits per heavy atom. The molecule has 0 aromatic carbocycles. The zero-order chi connectivity index (χ0) is 19.3. The van der Waals surface area contributed by atoms with Gasteiger partial charge >= 0.3 is 6.09 Å². The van der Waals surface area contributed by atoms with Crippen LogP contribution in [-0.4, -0.2) is 58.6 Å². The SMILES string of the molecule is COC(=O)NCCCC1NC(=O)C(CO[Si](C)(C)C(C)(C)C)NC1=O. The number of alkyl carbamates (subject to hydrolysis) is 1. The van der Waals surface area contributed by atoms with Crippen molar-refractivity contribution < 1.29 is 23.5 Å². The van der Waals surface area contributed by atoms with E-state index in [1.54, 1.807) is 0 Å². The molecule has 3 amide bonds. The molecule has 0 radical (unpaired) electrons. The fourth-order valence-electron chi connectivity index (χ4n) is 2.07. The first-order chi connectivity index (χ1) is 11.5. The molecule has 2 unspecified atom stereocenters. The number of methoxy groups -OCH3 is 1. The second kappa shape index (κ2) is 8.66. The van der Waals surface area contributed by atoms with E-state index in [2.05, 4.69) is 54.6 Å². The summed E-state index contributed by atoms with van der Waals surface area (Å²) in [6, 6.07) is -1.25. The summed E-state index contributed by atoms with van der Waals surface area (Å²) in [5, 5.41) is 8.04. The second-order valence-corrected chi connectivity index (χ2v) is 12.6. The summed E-state index contributed by atoms with van der Waals surface area (Å²) in [5.41, 5.74) is 0. The maximum Gasteiger partial charge on any atom is 0.406 e. The first-order valence-corrected chi connectivity index (χ1v) is 11.5. The van der Waals surface area contributed by atoms with Crippen molar-refractivity contribution in [2.24, 2.45) is 0 Å². The highest BCUT2D eigenvalue weighted by Gasteiger charge is 2.40. The van der Waals surface area contributed by atoms with Crippen molar-refractivity contribution in [2.45, 2.75) is 63.8 Å². The number of carbonyl (C=O) groups excluding carboxylic acids is 3. The third kappa shape index (κ3) is 6.31. The number of hydrogen-bond acceptors (Lipinski definition) is 5. The largest absolute Gasteiger partial charge is 0.453 e. The van der Waals surface area contributed by atoms with Crippen molar-refractivity contribution in [3.8, 4) is 0 Å². The molecule has 9 heteroatoms. The average Bonchev–Trinajstić information content (AvgIpc) is 2.51. The van der Waals surface area contributed by atoms with Gasteiger partial charge < -0.3 is 25.1 Å². The van der Waals surface area contributed by atoms with Crippen molar-refractivity contribution in [1.29, 1.82) is 0 Å². The van der Waals surface area contributed by atoms with E-state index >= 15 is 0 Å². The van der Waals surface area contributed by atoms with Gasteiger partial charge in [0.25, 0.3) is 0 Å². The van der Waals surface area contributed by atoms with Crippen molar-refractivity contribution in [3.05, 3.63) is 0 Å². The molecule has 2 atom stereocenters. The summed E-state index contributed by atoms with van der Waals surface area (Å²) in [7, 11) is -0.693. The van der Waals surface area contributed by atoms with Crippen LogP contribution in [0.25, 0.3) is 0 Å². The van der Waals surface area contributed by atoms with Crippen molar-refractivity contribution >= 4 is 26.2 Å². The number of amides is 3. The fraction of sp³-hybridized carbons (Fsp3) is 0.812. The Bertz CT molecular complexity index is 504. The summed E-state index contributed by atoms with van der Waals surface area (Å²) < 4.78 is 10.5. The molecule has 0 aromatic heterocycles. The summed E-state index contributed by atoms with van der Waals surface area (Å²) in [6.07, 6.45) is 0.482. The molecule has 1 saturated heterocycles. The van der Waals surface area contributed by atoms with E-state index in [9.17, 15) is 14.4 Å². The highest BCUT2D eigenvalue weighted by atomic mass is 28.4. The first-order valence-electron chi connectivity index (χ1n) is 8.54. The van der Waals surface area contributed by atoms with Gasteiger partial charge in [0.1, 0.15) is 12.1 Å². The Labute approximate surface area is 150 Å². The molecule has 1 heterocycles. The maximum absolute atomic E-state index is 12.2. The van der Waals surface area contributed by atoms with Gasteiger partial charge in [0.05, 0.1) is 13.7 Å². The van der Waals surface area contributed by atoms with Crippen LogP contribution >= 0.6 is 0 Å². The van der Waals surface area contributed by atoms with Gasteiger partial charge in [-0.1, -0.05) is 20.8 Å². The summed E-state index contributed by atoms with van der Waals surface area (Å²) in [6.45, 7) is 11.1. The minimum Gasteiger partial charge on any atom is -0.453 e. The van der Waals surface area contributed by atoms with Gasteiger partial charge in [-0.2, -0.15) is 0 Å². The van der Waals surface area contributed by atoms with Crippen LogP contribution < -0.4 is 16.0 Å². The molecule has 0 saturated carbocycles. The van der Waals surface area contributed by atoms with E-state index in [0.717, 1.165) is 0 Å². The molecule has 1 rings (SSSR count). The van der Waals surface area contributed by atoms with Crippen LogP contribution in [0.3, 0.4) is 0 Å². The fourth-order valence-corrected chi connectivity index (χ4v) is 3.09. The van der Waals surface area contributed by atoms with Gasteiger partial charge in [0.2, 0.25) is 11.8 Å². The van der Waals surface area contributed by atoms with Gasteiger partial charge in [-0.3, -0.25) is 9.59 Å². The lowest BCUT2D eigenvalue weighted by molar-refractivity contribution is -0.137. The van der Waals surface area contributed by atoms with Crippen molar-refractivity contribution in [3.63, 3.8) is 0 Å². The smallest absolute Gasteiger partial charge is 0.406 e. The number of carbonyl (C=O) groups is 3. The highest BCUT2D eigenvalue weighted by Crippen LogP contribution is 2.36. The van der Waals surface area contributed by atoms with Crippen LogP contribution in [-0.2, 0) is 18.8 Å². The Morgan fingerprint density at radius 2 is 1.72 bits per heavy atom. The molecule has 25 heavy (non-hydrogen) atoms. The Kier molecular flexibility index (Phi) is 7.42. The van der Waals surface area contributed by atoms with E-state index in [1.165, 1.54) is 7.11 Å². The Morgan fingerprint density at radius 3 is 2.28 bits per heavy atom. The minimum absolute atomic E-state index is 0.0390. The quantitative estimate of drug-likeness (QED) is 0.458. The number of ether oxygens (including phenoxy) is 1. The Hall–Kier alpha value is -1.61. The molecule has 144 valence electrons. The van der Waals surface area contributed by atoms with Gasteiger partial charge in [0.15, 0.2) is 8.32 Å². The van der Waals surface area contributed by atoms with Gasteiger partial charge in [-0.25, -0.2) is 4.79 Å². The maximum atomic E-state index is 12.2. The summed E-state index contributed by atoms with van der Waals surface area (Å²) >= 11 is 0. The number of rotatable bonds is 7. The molecular weight excluding hydrogens is 342 g/mol. The molecule has 1 aliphatic heterocycles. The molecule has 8 nitrogen and oxygen atoms in total. The number of piperazine rings is 1. The number of hydrogen-bond donors (Lipinski definition) is 3. The molecule has 0 bridgehead atoms. The summed E-state index contributed by atoms with van der Waals surface area (Å²) in [4.78, 5) is 35.4. The first kappa shape index (κ1) is 21.4. The predicted octanol–water partition coefficient (Wildman–Crippen LogP) is 1.13. The zero-order valence-electron chi connectivity index (χ0n) is 16.0. The molecule has 0 aromatic rings. The van der Waals surface area contributed by atoms with E-state index < -0.39 is 26.5 Å². The molecule has 3 N–H and O–H groups in total. The lowest BCUT2D eigenvalue weighted by atomic mass is 10.1. The minimum atomic E-state index is -1.98. The molecule has 1 fully saturated rings. The van der Waals surface area contributed by atoms with E-state index in [4.69, 9.17) is 4.43 Å². The summed E-state index contributed by atoms with van der Waals surface area (Å²) in [5.74, 6) is -0.453. The van der Waals surface area contributed by atoms with Crippen molar-refractivity contribution in [2.75, 3.05) is 20.3 Å². The standard InChI is InChI=1S/C16H31N3O5Si/c1-16(2,3)25(5,6)24-10-12-14(21)18-11(13(20)19-12)8-7-9-17-15(22)23-4/h11-12H,7-10H2,1-6H3,(H,17,22)(H,18,21)(H,19,20). The lowest BCUT2D eigenvalue weighted by Crippen LogP contribution is -2.63. The number of nitrogens with one attached hydrogen (secondary N) is 3. The molecule has 0 spiro atoms. The molecular formula is C16H31N3O5Si. The van der Waals surface area contributed by atoms with Crippen LogP contribution in [0, 0.1) is 0 Å². The van der Waals surface area contributed by atoms with Crippen LogP contribution in [0.4, 0.5) is 4.79 Å². The normalized spacial score (nSPS) is 21.4. The highest BCUT2D eigenvalue weighted by molar-refractivity contribution is 6.74. The zero-order valence-corrected chi connectivity index (χ0v) is 17.0. The average molecular weight is 374 g/mol.